The van der Waals surface area contributed by atoms with Gasteiger partial charge in [0.25, 0.3) is 0 Å². The number of amides is 2. The molecule has 1 aromatic heterocycles. The summed E-state index contributed by atoms with van der Waals surface area (Å²) >= 11 is 1.77. The van der Waals surface area contributed by atoms with Gasteiger partial charge >= 0.3 is 0 Å². The summed E-state index contributed by atoms with van der Waals surface area (Å²) in [5, 5.41) is 5.00. The van der Waals surface area contributed by atoms with E-state index in [2.05, 4.69) is 27.7 Å². The van der Waals surface area contributed by atoms with Crippen LogP contribution < -0.4 is 10.1 Å². The van der Waals surface area contributed by atoms with Crippen LogP contribution in [0.3, 0.4) is 0 Å². The summed E-state index contributed by atoms with van der Waals surface area (Å²) in [4.78, 5) is 30.1. The van der Waals surface area contributed by atoms with E-state index >= 15 is 0 Å². The summed E-state index contributed by atoms with van der Waals surface area (Å²) in [5.74, 6) is 0.679. The maximum Gasteiger partial charge on any atom is 0.225 e. The molecule has 1 aliphatic rings. The molecule has 0 radical (unpaired) electrons. The van der Waals surface area contributed by atoms with Gasteiger partial charge in [-0.25, -0.2) is 0 Å². The molecule has 1 saturated heterocycles. The minimum Gasteiger partial charge on any atom is -0.497 e. The van der Waals surface area contributed by atoms with Crippen LogP contribution in [0.5, 0.6) is 5.75 Å². The Kier molecular flexibility index (Phi) is 7.06. The maximum atomic E-state index is 12.8. The van der Waals surface area contributed by atoms with Crippen LogP contribution in [0.2, 0.25) is 0 Å². The zero-order chi connectivity index (χ0) is 19.9. The quantitative estimate of drug-likeness (QED) is 0.775. The molecule has 2 amide bonds. The number of carbonyl (C=O) groups is 2. The third kappa shape index (κ3) is 5.56. The molecule has 1 aromatic carbocycles. The fraction of sp³-hybridized carbons (Fsp3) is 0.429. The number of carbonyl (C=O) groups excluding carboxylic acids is 2. The minimum atomic E-state index is -0.333. The Labute approximate surface area is 170 Å². The lowest BCUT2D eigenvalue weighted by Gasteiger charge is -2.35. The summed E-state index contributed by atoms with van der Waals surface area (Å²) in [6.07, 6.45) is 0.261. The number of thiophene rings is 1. The number of benzene rings is 1. The lowest BCUT2D eigenvalue weighted by Crippen LogP contribution is -2.49. The van der Waals surface area contributed by atoms with Gasteiger partial charge in [-0.05, 0) is 29.1 Å². The van der Waals surface area contributed by atoms with E-state index in [4.69, 9.17) is 4.74 Å². The van der Waals surface area contributed by atoms with E-state index in [-0.39, 0.29) is 24.3 Å². The molecule has 0 aliphatic carbocycles. The van der Waals surface area contributed by atoms with E-state index in [0.29, 0.717) is 0 Å². The second-order valence-corrected chi connectivity index (χ2v) is 8.00. The van der Waals surface area contributed by atoms with Gasteiger partial charge in [-0.1, -0.05) is 18.2 Å². The van der Waals surface area contributed by atoms with Gasteiger partial charge in [0.2, 0.25) is 11.8 Å². The molecular formula is C21H27N3O3S. The number of methoxy groups -OCH3 is 1. The summed E-state index contributed by atoms with van der Waals surface area (Å²) in [6, 6.07) is 11.4. The molecule has 1 unspecified atom stereocenters. The number of hydrogen-bond acceptors (Lipinski definition) is 5. The van der Waals surface area contributed by atoms with Crippen molar-refractivity contribution in [3.8, 4) is 5.75 Å². The molecular weight excluding hydrogens is 374 g/mol. The first kappa shape index (κ1) is 20.4. The SMILES string of the molecule is COc1ccc(C(CC(=O)N2CCN(Cc3cccs3)CC2)NC(C)=O)cc1. The number of nitrogens with zero attached hydrogens (tertiary/aromatic N) is 2. The molecule has 1 aliphatic heterocycles. The monoisotopic (exact) mass is 401 g/mol. The first-order chi connectivity index (χ1) is 13.5. The average molecular weight is 402 g/mol. The van der Waals surface area contributed by atoms with Gasteiger partial charge in [0.1, 0.15) is 5.75 Å². The van der Waals surface area contributed by atoms with Gasteiger partial charge in [-0.15, -0.1) is 11.3 Å². The maximum absolute atomic E-state index is 12.8. The average Bonchev–Trinajstić information content (AvgIpc) is 3.21. The van der Waals surface area contributed by atoms with E-state index in [0.717, 1.165) is 44.0 Å². The van der Waals surface area contributed by atoms with E-state index in [1.807, 2.05) is 29.2 Å². The molecule has 150 valence electrons. The summed E-state index contributed by atoms with van der Waals surface area (Å²) in [6.45, 7) is 5.61. The summed E-state index contributed by atoms with van der Waals surface area (Å²) in [5.41, 5.74) is 0.903. The second kappa shape index (κ2) is 9.71. The Balaban J connectivity index is 1.56. The highest BCUT2D eigenvalue weighted by molar-refractivity contribution is 7.09. The molecule has 0 spiro atoms. The van der Waals surface area contributed by atoms with Crippen LogP contribution >= 0.6 is 11.3 Å². The van der Waals surface area contributed by atoms with Crippen molar-refractivity contribution in [1.82, 2.24) is 15.1 Å². The summed E-state index contributed by atoms with van der Waals surface area (Å²) < 4.78 is 5.19. The number of nitrogens with one attached hydrogen (secondary N) is 1. The largest absolute Gasteiger partial charge is 0.497 e. The predicted octanol–water partition coefficient (Wildman–Crippen LogP) is 2.67. The molecule has 0 bridgehead atoms. The Hall–Kier alpha value is -2.38. The zero-order valence-corrected chi connectivity index (χ0v) is 17.2. The van der Waals surface area contributed by atoms with Crippen molar-refractivity contribution >= 4 is 23.2 Å². The standard InChI is InChI=1S/C21H27N3O3S/c1-16(25)22-20(17-5-7-18(27-2)8-6-17)14-21(26)24-11-9-23(10-12-24)15-19-4-3-13-28-19/h3-8,13,20H,9-12,14-15H2,1-2H3,(H,22,25). The third-order valence-electron chi connectivity index (χ3n) is 4.96. The van der Waals surface area contributed by atoms with Crippen LogP contribution in [-0.4, -0.2) is 54.9 Å². The van der Waals surface area contributed by atoms with Crippen LogP contribution in [0.4, 0.5) is 0 Å². The lowest BCUT2D eigenvalue weighted by atomic mass is 10.0. The Morgan fingerprint density at radius 1 is 1.14 bits per heavy atom. The lowest BCUT2D eigenvalue weighted by molar-refractivity contribution is -0.133. The molecule has 0 saturated carbocycles. The van der Waals surface area contributed by atoms with Crippen molar-refractivity contribution in [2.75, 3.05) is 33.3 Å². The fourth-order valence-electron chi connectivity index (χ4n) is 3.42. The topological polar surface area (TPSA) is 61.9 Å². The molecule has 1 fully saturated rings. The minimum absolute atomic E-state index is 0.0744. The van der Waals surface area contributed by atoms with E-state index in [1.165, 1.54) is 11.8 Å². The molecule has 1 N–H and O–H groups in total. The van der Waals surface area contributed by atoms with Gasteiger partial charge in [-0.2, -0.15) is 0 Å². The van der Waals surface area contributed by atoms with Gasteiger partial charge in [-0.3, -0.25) is 14.5 Å². The number of piperazine rings is 1. The van der Waals surface area contributed by atoms with Crippen molar-refractivity contribution in [3.05, 3.63) is 52.2 Å². The third-order valence-corrected chi connectivity index (χ3v) is 5.82. The smallest absolute Gasteiger partial charge is 0.225 e. The first-order valence-electron chi connectivity index (χ1n) is 9.48. The number of hydrogen-bond donors (Lipinski definition) is 1. The first-order valence-corrected chi connectivity index (χ1v) is 10.4. The number of rotatable bonds is 7. The van der Waals surface area contributed by atoms with Crippen LogP contribution in [0.15, 0.2) is 41.8 Å². The predicted molar refractivity (Wildman–Crippen MR) is 110 cm³/mol. The van der Waals surface area contributed by atoms with Crippen LogP contribution in [0.1, 0.15) is 29.8 Å². The van der Waals surface area contributed by atoms with Crippen LogP contribution in [0, 0.1) is 0 Å². The highest BCUT2D eigenvalue weighted by atomic mass is 32.1. The Morgan fingerprint density at radius 3 is 2.43 bits per heavy atom. The highest BCUT2D eigenvalue weighted by Gasteiger charge is 2.25. The second-order valence-electron chi connectivity index (χ2n) is 6.97. The zero-order valence-electron chi connectivity index (χ0n) is 16.4. The van der Waals surface area contributed by atoms with Crippen LogP contribution in [-0.2, 0) is 16.1 Å². The molecule has 28 heavy (non-hydrogen) atoms. The molecule has 7 heteroatoms. The Morgan fingerprint density at radius 2 is 1.86 bits per heavy atom. The Bertz CT molecular complexity index is 769. The van der Waals surface area contributed by atoms with Gasteiger partial charge in [0, 0.05) is 44.5 Å². The van der Waals surface area contributed by atoms with Gasteiger partial charge in [0.05, 0.1) is 19.6 Å². The molecule has 2 heterocycles. The molecule has 2 aromatic rings. The van der Waals surface area contributed by atoms with Gasteiger partial charge in [0.15, 0.2) is 0 Å². The molecule has 1 atom stereocenters. The van der Waals surface area contributed by atoms with E-state index in [1.54, 1.807) is 18.4 Å². The molecule has 6 nitrogen and oxygen atoms in total. The van der Waals surface area contributed by atoms with Crippen molar-refractivity contribution in [2.45, 2.75) is 25.9 Å². The van der Waals surface area contributed by atoms with Gasteiger partial charge < -0.3 is 15.0 Å². The molecule has 3 rings (SSSR count). The number of ether oxygens (including phenoxy) is 1. The normalized spacial score (nSPS) is 15.9. The van der Waals surface area contributed by atoms with Crippen molar-refractivity contribution < 1.29 is 14.3 Å². The van der Waals surface area contributed by atoms with Crippen molar-refractivity contribution in [2.24, 2.45) is 0 Å². The van der Waals surface area contributed by atoms with Crippen LogP contribution in [0.25, 0.3) is 0 Å². The fourth-order valence-corrected chi connectivity index (χ4v) is 4.16. The van der Waals surface area contributed by atoms with Crippen molar-refractivity contribution in [1.29, 1.82) is 0 Å². The van der Waals surface area contributed by atoms with Crippen molar-refractivity contribution in [3.63, 3.8) is 0 Å². The highest BCUT2D eigenvalue weighted by Crippen LogP contribution is 2.22. The van der Waals surface area contributed by atoms with E-state index < -0.39 is 0 Å². The van der Waals surface area contributed by atoms with E-state index in [9.17, 15) is 9.59 Å². The summed E-state index contributed by atoms with van der Waals surface area (Å²) in [7, 11) is 1.61.